The Balaban J connectivity index is 1.62. The number of anilines is 1. The van der Waals surface area contributed by atoms with Gasteiger partial charge in [0.1, 0.15) is 17.1 Å². The van der Waals surface area contributed by atoms with Crippen molar-refractivity contribution < 1.29 is 14.5 Å². The van der Waals surface area contributed by atoms with E-state index in [2.05, 4.69) is 15.4 Å². The zero-order valence-corrected chi connectivity index (χ0v) is 18.3. The lowest BCUT2D eigenvalue weighted by molar-refractivity contribution is -0.384. The standard InChI is InChI=1S/C25H21N5O4/c1-2-34-21-11-12-22(23(15-21)30(32)33)27-24(31)13-10-19-17-29(20-8-4-3-5-9-20)28-25(19)18-7-6-14-26-16-18/h3-17H,2H2,1H3,(H,27,31). The molecule has 1 N–H and O–H groups in total. The maximum atomic E-state index is 12.6. The molecule has 0 bridgehead atoms. The zero-order chi connectivity index (χ0) is 23.9. The summed E-state index contributed by atoms with van der Waals surface area (Å²) in [6.45, 7) is 2.16. The van der Waals surface area contributed by atoms with Crippen LogP contribution in [0.5, 0.6) is 5.75 Å². The molecule has 0 spiro atoms. The van der Waals surface area contributed by atoms with Gasteiger partial charge in [0.25, 0.3) is 5.69 Å². The Labute approximate surface area is 195 Å². The molecule has 170 valence electrons. The van der Waals surface area contributed by atoms with Gasteiger partial charge in [0, 0.05) is 35.8 Å². The van der Waals surface area contributed by atoms with Crippen molar-refractivity contribution in [2.45, 2.75) is 6.92 Å². The van der Waals surface area contributed by atoms with E-state index in [9.17, 15) is 14.9 Å². The molecule has 0 radical (unpaired) electrons. The second kappa shape index (κ2) is 10.2. The molecular weight excluding hydrogens is 434 g/mol. The van der Waals surface area contributed by atoms with E-state index in [4.69, 9.17) is 4.74 Å². The number of benzene rings is 2. The minimum absolute atomic E-state index is 0.0792. The van der Waals surface area contributed by atoms with E-state index in [1.54, 1.807) is 42.3 Å². The summed E-state index contributed by atoms with van der Waals surface area (Å²) >= 11 is 0. The van der Waals surface area contributed by atoms with Crippen molar-refractivity contribution in [3.05, 3.63) is 101 Å². The van der Waals surface area contributed by atoms with Gasteiger partial charge in [-0.2, -0.15) is 5.10 Å². The summed E-state index contributed by atoms with van der Waals surface area (Å²) in [6.07, 6.45) is 8.10. The van der Waals surface area contributed by atoms with Crippen LogP contribution >= 0.6 is 0 Å². The van der Waals surface area contributed by atoms with Gasteiger partial charge in [-0.05, 0) is 49.4 Å². The highest BCUT2D eigenvalue weighted by molar-refractivity contribution is 6.03. The summed E-state index contributed by atoms with van der Waals surface area (Å²) in [6, 6.07) is 17.6. The summed E-state index contributed by atoms with van der Waals surface area (Å²) in [5.74, 6) is -0.158. The van der Waals surface area contributed by atoms with Crippen LogP contribution in [0.3, 0.4) is 0 Å². The number of nitro benzene ring substituents is 1. The van der Waals surface area contributed by atoms with Gasteiger partial charge in [0.2, 0.25) is 5.91 Å². The molecule has 1 amide bonds. The molecule has 0 fully saturated rings. The van der Waals surface area contributed by atoms with E-state index in [0.29, 0.717) is 23.6 Å². The molecule has 0 saturated heterocycles. The number of para-hydroxylation sites is 1. The highest BCUT2D eigenvalue weighted by atomic mass is 16.6. The highest BCUT2D eigenvalue weighted by Crippen LogP contribution is 2.29. The number of hydrogen-bond donors (Lipinski definition) is 1. The number of aromatic nitrogens is 3. The third-order valence-corrected chi connectivity index (χ3v) is 4.85. The van der Waals surface area contributed by atoms with Gasteiger partial charge in [-0.3, -0.25) is 19.9 Å². The largest absolute Gasteiger partial charge is 0.494 e. The van der Waals surface area contributed by atoms with Gasteiger partial charge < -0.3 is 10.1 Å². The molecule has 34 heavy (non-hydrogen) atoms. The molecule has 4 rings (SSSR count). The van der Waals surface area contributed by atoms with E-state index >= 15 is 0 Å². The van der Waals surface area contributed by atoms with E-state index in [1.807, 2.05) is 42.5 Å². The molecule has 0 saturated carbocycles. The number of hydrogen-bond acceptors (Lipinski definition) is 6. The summed E-state index contributed by atoms with van der Waals surface area (Å²) < 4.78 is 7.03. The molecule has 0 aliphatic carbocycles. The minimum Gasteiger partial charge on any atom is -0.494 e. The first-order valence-electron chi connectivity index (χ1n) is 10.5. The van der Waals surface area contributed by atoms with Gasteiger partial charge in [-0.15, -0.1) is 0 Å². The third kappa shape index (κ3) is 5.16. The molecule has 9 heteroatoms. The number of nitrogens with one attached hydrogen (secondary N) is 1. The van der Waals surface area contributed by atoms with Gasteiger partial charge in [0.15, 0.2) is 0 Å². The number of ether oxygens (including phenoxy) is 1. The van der Waals surface area contributed by atoms with Gasteiger partial charge >= 0.3 is 0 Å². The van der Waals surface area contributed by atoms with Crippen molar-refractivity contribution in [3.8, 4) is 22.7 Å². The fourth-order valence-corrected chi connectivity index (χ4v) is 3.31. The Morgan fingerprint density at radius 1 is 1.18 bits per heavy atom. The van der Waals surface area contributed by atoms with E-state index < -0.39 is 10.8 Å². The van der Waals surface area contributed by atoms with E-state index in [-0.39, 0.29) is 11.4 Å². The molecule has 0 aliphatic rings. The van der Waals surface area contributed by atoms with Crippen LogP contribution in [0.25, 0.3) is 23.0 Å². The monoisotopic (exact) mass is 455 g/mol. The Bertz CT molecular complexity index is 1330. The maximum absolute atomic E-state index is 12.6. The quantitative estimate of drug-likeness (QED) is 0.230. The summed E-state index contributed by atoms with van der Waals surface area (Å²) in [5, 5.41) is 18.7. The molecule has 2 heterocycles. The predicted molar refractivity (Wildman–Crippen MR) is 129 cm³/mol. The zero-order valence-electron chi connectivity index (χ0n) is 18.3. The summed E-state index contributed by atoms with van der Waals surface area (Å²) in [4.78, 5) is 27.6. The Hall–Kier alpha value is -4.79. The number of amides is 1. The summed E-state index contributed by atoms with van der Waals surface area (Å²) in [5.41, 5.74) is 2.82. The Morgan fingerprint density at radius 2 is 2.00 bits per heavy atom. The highest BCUT2D eigenvalue weighted by Gasteiger charge is 2.17. The Kier molecular flexibility index (Phi) is 6.73. The third-order valence-electron chi connectivity index (χ3n) is 4.85. The minimum atomic E-state index is -0.563. The van der Waals surface area contributed by atoms with Crippen LogP contribution in [0.15, 0.2) is 85.3 Å². The number of pyridine rings is 1. The van der Waals surface area contributed by atoms with Crippen LogP contribution < -0.4 is 10.1 Å². The van der Waals surface area contributed by atoms with E-state index in [0.717, 1.165) is 11.3 Å². The van der Waals surface area contributed by atoms with Crippen LogP contribution in [-0.2, 0) is 4.79 Å². The fraction of sp³-hybridized carbons (Fsp3) is 0.0800. The Morgan fingerprint density at radius 3 is 2.71 bits per heavy atom. The van der Waals surface area contributed by atoms with Crippen LogP contribution in [0, 0.1) is 10.1 Å². The second-order valence-electron chi connectivity index (χ2n) is 7.15. The van der Waals surface area contributed by atoms with E-state index in [1.165, 1.54) is 18.2 Å². The molecule has 2 aromatic carbocycles. The normalized spacial score (nSPS) is 10.9. The SMILES string of the molecule is CCOc1ccc(NC(=O)C=Cc2cn(-c3ccccc3)nc2-c2cccnc2)c([N+](=O)[O-])c1. The van der Waals surface area contributed by atoms with Crippen molar-refractivity contribution in [2.24, 2.45) is 0 Å². The van der Waals surface area contributed by atoms with Crippen molar-refractivity contribution in [1.82, 2.24) is 14.8 Å². The van der Waals surface area contributed by atoms with Gasteiger partial charge in [-0.25, -0.2) is 4.68 Å². The van der Waals surface area contributed by atoms with Crippen LogP contribution in [0.1, 0.15) is 12.5 Å². The van der Waals surface area contributed by atoms with Crippen molar-refractivity contribution in [3.63, 3.8) is 0 Å². The second-order valence-corrected chi connectivity index (χ2v) is 7.15. The lowest BCUT2D eigenvalue weighted by Gasteiger charge is -2.07. The molecule has 0 aliphatic heterocycles. The number of carbonyl (C=O) groups is 1. The topological polar surface area (TPSA) is 112 Å². The molecular formula is C25H21N5O4. The fourth-order valence-electron chi connectivity index (χ4n) is 3.31. The molecule has 2 aromatic heterocycles. The number of rotatable bonds is 8. The summed E-state index contributed by atoms with van der Waals surface area (Å²) in [7, 11) is 0. The molecule has 4 aromatic rings. The first-order valence-corrected chi connectivity index (χ1v) is 10.5. The average Bonchev–Trinajstić information content (AvgIpc) is 3.29. The number of nitrogens with zero attached hydrogens (tertiary/aromatic N) is 4. The number of carbonyl (C=O) groups excluding carboxylic acids is 1. The lowest BCUT2D eigenvalue weighted by Crippen LogP contribution is -2.09. The van der Waals surface area contributed by atoms with Crippen molar-refractivity contribution in [1.29, 1.82) is 0 Å². The predicted octanol–water partition coefficient (Wildman–Crippen LogP) is 4.89. The van der Waals surface area contributed by atoms with Crippen molar-refractivity contribution in [2.75, 3.05) is 11.9 Å². The van der Waals surface area contributed by atoms with Gasteiger partial charge in [0.05, 0.1) is 23.3 Å². The first-order chi connectivity index (χ1) is 16.5. The van der Waals surface area contributed by atoms with Crippen LogP contribution in [-0.4, -0.2) is 32.2 Å². The van der Waals surface area contributed by atoms with Crippen LogP contribution in [0.4, 0.5) is 11.4 Å². The van der Waals surface area contributed by atoms with Crippen molar-refractivity contribution >= 4 is 23.4 Å². The lowest BCUT2D eigenvalue weighted by atomic mass is 10.1. The average molecular weight is 455 g/mol. The first kappa shape index (κ1) is 22.4. The molecule has 0 unspecified atom stereocenters. The number of nitro groups is 1. The smallest absolute Gasteiger partial charge is 0.296 e. The van der Waals surface area contributed by atoms with Gasteiger partial charge in [-0.1, -0.05) is 18.2 Å². The van der Waals surface area contributed by atoms with Crippen LogP contribution in [0.2, 0.25) is 0 Å². The maximum Gasteiger partial charge on any atom is 0.296 e. The molecule has 0 atom stereocenters. The molecule has 9 nitrogen and oxygen atoms in total.